The van der Waals surface area contributed by atoms with Crippen molar-refractivity contribution in [1.29, 1.82) is 0 Å². The average molecular weight is 274 g/mol. The monoisotopic (exact) mass is 274 g/mol. The van der Waals surface area contributed by atoms with Crippen LogP contribution >= 0.6 is 12.2 Å². The first-order valence-corrected chi connectivity index (χ1v) is 6.31. The Morgan fingerprint density at radius 2 is 2.16 bits per heavy atom. The predicted molar refractivity (Wildman–Crippen MR) is 76.5 cm³/mol. The topological polar surface area (TPSA) is 47.8 Å². The van der Waals surface area contributed by atoms with Crippen LogP contribution in [0.3, 0.4) is 0 Å². The van der Waals surface area contributed by atoms with E-state index in [1.165, 1.54) is 0 Å². The fourth-order valence-electron chi connectivity index (χ4n) is 2.30. The Morgan fingerprint density at radius 1 is 1.37 bits per heavy atom. The SMILES string of the molecule is COc1cccc(-n2c(=S)[nH]c3c(C)nn(C)c32)c1. The van der Waals surface area contributed by atoms with Crippen molar-refractivity contribution in [2.24, 2.45) is 7.05 Å². The van der Waals surface area contributed by atoms with E-state index in [1.807, 2.05) is 47.5 Å². The van der Waals surface area contributed by atoms with Gasteiger partial charge in [-0.2, -0.15) is 5.10 Å². The second-order valence-electron chi connectivity index (χ2n) is 4.37. The van der Waals surface area contributed by atoms with Crippen molar-refractivity contribution >= 4 is 23.4 Å². The molecule has 3 rings (SSSR count). The predicted octanol–water partition coefficient (Wildman–Crippen LogP) is 2.74. The van der Waals surface area contributed by atoms with Gasteiger partial charge >= 0.3 is 0 Å². The number of methoxy groups -OCH3 is 1. The highest BCUT2D eigenvalue weighted by atomic mass is 32.1. The fourth-order valence-corrected chi connectivity index (χ4v) is 2.59. The van der Waals surface area contributed by atoms with Gasteiger partial charge in [-0.1, -0.05) is 6.07 Å². The molecule has 2 heterocycles. The molecule has 0 aliphatic heterocycles. The third kappa shape index (κ3) is 1.76. The molecule has 0 amide bonds. The van der Waals surface area contributed by atoms with E-state index in [0.717, 1.165) is 28.3 Å². The summed E-state index contributed by atoms with van der Waals surface area (Å²) in [6, 6.07) is 7.79. The van der Waals surface area contributed by atoms with Crippen LogP contribution < -0.4 is 4.74 Å². The van der Waals surface area contributed by atoms with Crippen LogP contribution in [0.25, 0.3) is 16.9 Å². The van der Waals surface area contributed by atoms with Gasteiger partial charge in [0.05, 0.1) is 18.5 Å². The van der Waals surface area contributed by atoms with E-state index >= 15 is 0 Å². The molecule has 6 heteroatoms. The van der Waals surface area contributed by atoms with Gasteiger partial charge in [-0.25, -0.2) is 4.68 Å². The number of nitrogens with zero attached hydrogens (tertiary/aromatic N) is 3. The van der Waals surface area contributed by atoms with Crippen LogP contribution in [0.15, 0.2) is 24.3 Å². The van der Waals surface area contributed by atoms with Crippen LogP contribution in [-0.2, 0) is 7.05 Å². The normalized spacial score (nSPS) is 11.1. The summed E-state index contributed by atoms with van der Waals surface area (Å²) >= 11 is 5.41. The van der Waals surface area contributed by atoms with E-state index in [0.29, 0.717) is 4.77 Å². The number of aromatic nitrogens is 4. The fraction of sp³-hybridized carbons (Fsp3) is 0.231. The van der Waals surface area contributed by atoms with E-state index in [9.17, 15) is 0 Å². The molecule has 0 bridgehead atoms. The van der Waals surface area contributed by atoms with Gasteiger partial charge in [0.15, 0.2) is 10.4 Å². The van der Waals surface area contributed by atoms with Crippen molar-refractivity contribution in [2.45, 2.75) is 6.92 Å². The lowest BCUT2D eigenvalue weighted by Gasteiger charge is -2.06. The maximum Gasteiger partial charge on any atom is 0.184 e. The van der Waals surface area contributed by atoms with E-state index in [4.69, 9.17) is 17.0 Å². The molecule has 0 radical (unpaired) electrons. The molecule has 0 unspecified atom stereocenters. The highest BCUT2D eigenvalue weighted by molar-refractivity contribution is 7.71. The van der Waals surface area contributed by atoms with Crippen LogP contribution in [0.1, 0.15) is 5.69 Å². The second kappa shape index (κ2) is 4.24. The minimum absolute atomic E-state index is 0.652. The van der Waals surface area contributed by atoms with Crippen LogP contribution in [0, 0.1) is 11.7 Å². The maximum absolute atomic E-state index is 5.41. The van der Waals surface area contributed by atoms with E-state index in [1.54, 1.807) is 7.11 Å². The van der Waals surface area contributed by atoms with Crippen LogP contribution in [-0.4, -0.2) is 26.4 Å². The zero-order chi connectivity index (χ0) is 13.6. The molecule has 98 valence electrons. The largest absolute Gasteiger partial charge is 0.497 e. The van der Waals surface area contributed by atoms with Gasteiger partial charge in [-0.3, -0.25) is 4.57 Å². The number of fused-ring (bicyclic) bond motifs is 1. The number of H-pyrrole nitrogens is 1. The molecule has 19 heavy (non-hydrogen) atoms. The van der Waals surface area contributed by atoms with Crippen molar-refractivity contribution in [3.8, 4) is 11.4 Å². The minimum atomic E-state index is 0.652. The van der Waals surface area contributed by atoms with Crippen LogP contribution in [0.5, 0.6) is 5.75 Å². The van der Waals surface area contributed by atoms with Gasteiger partial charge in [0.1, 0.15) is 11.3 Å². The Kier molecular flexibility index (Phi) is 2.67. The highest BCUT2D eigenvalue weighted by Crippen LogP contribution is 2.23. The Bertz CT molecular complexity index is 812. The summed E-state index contributed by atoms with van der Waals surface area (Å²) < 4.78 is 9.71. The summed E-state index contributed by atoms with van der Waals surface area (Å²) in [6.07, 6.45) is 0. The molecule has 0 spiro atoms. The molecule has 5 nitrogen and oxygen atoms in total. The van der Waals surface area contributed by atoms with Gasteiger partial charge in [0.2, 0.25) is 0 Å². The molecule has 0 aliphatic rings. The molecule has 1 aromatic carbocycles. The third-order valence-corrected chi connectivity index (χ3v) is 3.43. The molecule has 0 saturated carbocycles. The van der Waals surface area contributed by atoms with Gasteiger partial charge in [-0.15, -0.1) is 0 Å². The first kappa shape index (κ1) is 12.0. The lowest BCUT2D eigenvalue weighted by molar-refractivity contribution is 0.414. The molecule has 0 atom stereocenters. The smallest absolute Gasteiger partial charge is 0.184 e. The van der Waals surface area contributed by atoms with Crippen molar-refractivity contribution in [3.63, 3.8) is 0 Å². The molecular weight excluding hydrogens is 260 g/mol. The maximum atomic E-state index is 5.41. The van der Waals surface area contributed by atoms with Crippen LogP contribution in [0.2, 0.25) is 0 Å². The number of aromatic amines is 1. The third-order valence-electron chi connectivity index (χ3n) is 3.15. The number of benzene rings is 1. The Hall–Kier alpha value is -2.08. The van der Waals surface area contributed by atoms with Crippen LogP contribution in [0.4, 0.5) is 0 Å². The summed E-state index contributed by atoms with van der Waals surface area (Å²) in [5, 5.41) is 4.41. The van der Waals surface area contributed by atoms with Gasteiger partial charge in [-0.05, 0) is 31.3 Å². The summed E-state index contributed by atoms with van der Waals surface area (Å²) in [6.45, 7) is 1.96. The molecular formula is C13H14N4OS. The summed E-state index contributed by atoms with van der Waals surface area (Å²) in [7, 11) is 3.56. The van der Waals surface area contributed by atoms with Gasteiger partial charge in [0.25, 0.3) is 0 Å². The van der Waals surface area contributed by atoms with E-state index < -0.39 is 0 Å². The quantitative estimate of drug-likeness (QED) is 0.731. The standard InChI is InChI=1S/C13H14N4OS/c1-8-11-12(16(2)15-8)17(13(19)14-11)9-5-4-6-10(7-9)18-3/h4-7H,1-3H3,(H,14,19). The number of rotatable bonds is 2. The Morgan fingerprint density at radius 3 is 2.89 bits per heavy atom. The Balaban J connectivity index is 2.35. The molecule has 0 aliphatic carbocycles. The zero-order valence-electron chi connectivity index (χ0n) is 11.0. The summed E-state index contributed by atoms with van der Waals surface area (Å²) in [5.41, 5.74) is 3.81. The van der Waals surface area contributed by atoms with Crippen molar-refractivity contribution in [3.05, 3.63) is 34.7 Å². The second-order valence-corrected chi connectivity index (χ2v) is 4.76. The molecule has 3 aromatic rings. The zero-order valence-corrected chi connectivity index (χ0v) is 11.8. The van der Waals surface area contributed by atoms with Crippen molar-refractivity contribution in [1.82, 2.24) is 19.3 Å². The number of nitrogens with one attached hydrogen (secondary N) is 1. The molecule has 1 N–H and O–H groups in total. The number of aryl methyl sites for hydroxylation is 2. The number of imidazole rings is 1. The first-order valence-electron chi connectivity index (χ1n) is 5.90. The summed E-state index contributed by atoms with van der Waals surface area (Å²) in [4.78, 5) is 3.21. The molecule has 2 aromatic heterocycles. The highest BCUT2D eigenvalue weighted by Gasteiger charge is 2.14. The number of hydrogen-bond donors (Lipinski definition) is 1. The minimum Gasteiger partial charge on any atom is -0.497 e. The van der Waals surface area contributed by atoms with E-state index in [2.05, 4.69) is 10.1 Å². The van der Waals surface area contributed by atoms with Gasteiger partial charge in [0, 0.05) is 13.1 Å². The Labute approximate surface area is 115 Å². The molecule has 0 saturated heterocycles. The number of ether oxygens (including phenoxy) is 1. The molecule has 0 fully saturated rings. The first-order chi connectivity index (χ1) is 9.11. The average Bonchev–Trinajstić information content (AvgIpc) is 2.88. The van der Waals surface area contributed by atoms with Gasteiger partial charge < -0.3 is 9.72 Å². The lowest BCUT2D eigenvalue weighted by atomic mass is 10.3. The lowest BCUT2D eigenvalue weighted by Crippen LogP contribution is -2.01. The van der Waals surface area contributed by atoms with Crippen molar-refractivity contribution in [2.75, 3.05) is 7.11 Å². The number of hydrogen-bond acceptors (Lipinski definition) is 3. The van der Waals surface area contributed by atoms with Crippen molar-refractivity contribution < 1.29 is 4.74 Å². The summed E-state index contributed by atoms with van der Waals surface area (Å²) in [5.74, 6) is 0.799. The van der Waals surface area contributed by atoms with E-state index in [-0.39, 0.29) is 0 Å².